The highest BCUT2D eigenvalue weighted by molar-refractivity contribution is 8.27. The Kier molecular flexibility index (Phi) is 5.92. The molecule has 0 radical (unpaired) electrons. The maximum Gasteiger partial charge on any atom is 0.270 e. The average Bonchev–Trinajstić information content (AvgIpc) is 3.01. The molecule has 1 fully saturated rings. The highest BCUT2D eigenvalue weighted by atomic mass is 32.2. The van der Waals surface area contributed by atoms with Crippen molar-refractivity contribution in [1.29, 1.82) is 0 Å². The fraction of sp³-hybridized carbons (Fsp3) is 0.0435. The van der Waals surface area contributed by atoms with Gasteiger partial charge in [0.2, 0.25) is 0 Å². The molecule has 1 saturated heterocycles. The predicted molar refractivity (Wildman–Crippen MR) is 119 cm³/mol. The van der Waals surface area contributed by atoms with Gasteiger partial charge in [-0.3, -0.25) is 9.69 Å². The van der Waals surface area contributed by atoms with Crippen molar-refractivity contribution in [2.24, 2.45) is 0 Å². The summed E-state index contributed by atoms with van der Waals surface area (Å²) >= 11 is 6.46. The zero-order valence-electron chi connectivity index (χ0n) is 15.5. The van der Waals surface area contributed by atoms with Crippen LogP contribution in [-0.2, 0) is 11.4 Å². The van der Waals surface area contributed by atoms with Crippen molar-refractivity contribution in [3.63, 3.8) is 0 Å². The number of carbonyl (C=O) groups excluding carboxylic acids is 1. The van der Waals surface area contributed by atoms with Crippen LogP contribution < -0.4 is 9.64 Å². The van der Waals surface area contributed by atoms with E-state index >= 15 is 0 Å². The normalized spacial score (nSPS) is 15.1. The first kappa shape index (κ1) is 20.3. The van der Waals surface area contributed by atoms with E-state index in [1.54, 1.807) is 48.5 Å². The highest BCUT2D eigenvalue weighted by Gasteiger charge is 2.33. The minimum Gasteiger partial charge on any atom is -0.488 e. The lowest BCUT2D eigenvalue weighted by molar-refractivity contribution is -0.113. The van der Waals surface area contributed by atoms with Gasteiger partial charge < -0.3 is 4.74 Å². The lowest BCUT2D eigenvalue weighted by Crippen LogP contribution is -2.27. The molecule has 0 aromatic heterocycles. The number of thioether (sulfide) groups is 1. The third-order valence-electron chi connectivity index (χ3n) is 4.41. The molecular formula is C23H15F2NO2S2. The second-order valence-corrected chi connectivity index (χ2v) is 8.09. The van der Waals surface area contributed by atoms with Crippen LogP contribution in [0.4, 0.5) is 14.5 Å². The Morgan fingerprint density at radius 1 is 1.00 bits per heavy atom. The number of hydrogen-bond donors (Lipinski definition) is 0. The number of halogens is 2. The van der Waals surface area contributed by atoms with E-state index in [0.29, 0.717) is 31.8 Å². The van der Waals surface area contributed by atoms with Crippen LogP contribution >= 0.6 is 24.0 Å². The fourth-order valence-corrected chi connectivity index (χ4v) is 4.24. The zero-order chi connectivity index (χ0) is 21.1. The van der Waals surface area contributed by atoms with Gasteiger partial charge in [-0.25, -0.2) is 8.78 Å². The summed E-state index contributed by atoms with van der Waals surface area (Å²) in [5, 5.41) is 0. The van der Waals surface area contributed by atoms with Gasteiger partial charge >= 0.3 is 0 Å². The number of rotatable bonds is 5. The molecule has 0 N–H and O–H groups in total. The molecule has 3 nitrogen and oxygen atoms in total. The number of para-hydroxylation sites is 1. The molecule has 3 aromatic rings. The van der Waals surface area contributed by atoms with Gasteiger partial charge in [-0.1, -0.05) is 66.4 Å². The quantitative estimate of drug-likeness (QED) is 0.363. The van der Waals surface area contributed by atoms with E-state index in [1.807, 2.05) is 6.07 Å². The van der Waals surface area contributed by atoms with Crippen LogP contribution in [-0.4, -0.2) is 10.2 Å². The van der Waals surface area contributed by atoms with Crippen molar-refractivity contribution in [2.75, 3.05) is 4.90 Å². The van der Waals surface area contributed by atoms with Gasteiger partial charge in [0.1, 0.15) is 24.0 Å². The number of carbonyl (C=O) groups is 1. The Hall–Kier alpha value is -3.03. The van der Waals surface area contributed by atoms with E-state index < -0.39 is 5.82 Å². The third-order valence-corrected chi connectivity index (χ3v) is 5.71. The van der Waals surface area contributed by atoms with Crippen molar-refractivity contribution in [1.82, 2.24) is 0 Å². The number of benzene rings is 3. The standard InChI is InChI=1S/C23H15F2NO2S2/c24-17-8-5-9-18(13-17)26-22(27)21(30-23(26)29)12-15-6-2-4-11-20(15)28-14-16-7-1-3-10-19(16)25/h1-13H,14H2/b21-12+. The van der Waals surface area contributed by atoms with Crippen LogP contribution in [0.15, 0.2) is 77.7 Å². The van der Waals surface area contributed by atoms with Crippen molar-refractivity contribution in [3.05, 3.63) is 100 Å². The summed E-state index contributed by atoms with van der Waals surface area (Å²) in [6.07, 6.45) is 1.68. The molecule has 0 saturated carbocycles. The van der Waals surface area contributed by atoms with Gasteiger partial charge in [-0.15, -0.1) is 0 Å². The number of thiocarbonyl (C=S) groups is 1. The Labute approximate surface area is 182 Å². The van der Waals surface area contributed by atoms with Crippen LogP contribution in [0.1, 0.15) is 11.1 Å². The van der Waals surface area contributed by atoms with Crippen molar-refractivity contribution < 1.29 is 18.3 Å². The van der Waals surface area contributed by atoms with Crippen LogP contribution in [0.25, 0.3) is 6.08 Å². The summed E-state index contributed by atoms with van der Waals surface area (Å²) < 4.78 is 33.6. The smallest absolute Gasteiger partial charge is 0.270 e. The molecule has 0 spiro atoms. The predicted octanol–water partition coefficient (Wildman–Crippen LogP) is 5.95. The van der Waals surface area contributed by atoms with Crippen molar-refractivity contribution in [3.8, 4) is 5.75 Å². The Bertz CT molecular complexity index is 1160. The summed E-state index contributed by atoms with van der Waals surface area (Å²) in [7, 11) is 0. The molecule has 3 aromatic carbocycles. The van der Waals surface area contributed by atoms with Crippen molar-refractivity contribution in [2.45, 2.75) is 6.61 Å². The molecule has 1 amide bonds. The summed E-state index contributed by atoms with van der Waals surface area (Å²) in [6.45, 7) is 0.0573. The number of amides is 1. The molecule has 0 unspecified atom stereocenters. The Morgan fingerprint density at radius 3 is 2.57 bits per heavy atom. The lowest BCUT2D eigenvalue weighted by Gasteiger charge is -2.14. The maximum atomic E-state index is 13.9. The topological polar surface area (TPSA) is 29.5 Å². The molecular weight excluding hydrogens is 424 g/mol. The average molecular weight is 440 g/mol. The van der Waals surface area contributed by atoms with E-state index in [0.717, 1.165) is 11.8 Å². The zero-order valence-corrected chi connectivity index (χ0v) is 17.2. The van der Waals surface area contributed by atoms with Gasteiger partial charge in [-0.2, -0.15) is 0 Å². The number of anilines is 1. The van der Waals surface area contributed by atoms with Gasteiger partial charge in [0.15, 0.2) is 4.32 Å². The first-order valence-corrected chi connectivity index (χ1v) is 10.2. The molecule has 0 aliphatic carbocycles. The molecule has 4 rings (SSSR count). The van der Waals surface area contributed by atoms with Gasteiger partial charge in [0, 0.05) is 11.1 Å². The fourth-order valence-electron chi connectivity index (χ4n) is 2.95. The summed E-state index contributed by atoms with van der Waals surface area (Å²) in [5.74, 6) is -0.611. The number of hydrogen-bond acceptors (Lipinski definition) is 4. The van der Waals surface area contributed by atoms with Gasteiger partial charge in [-0.05, 0) is 36.4 Å². The molecule has 0 atom stereocenters. The molecule has 1 heterocycles. The molecule has 1 aliphatic rings. The summed E-state index contributed by atoms with van der Waals surface area (Å²) in [4.78, 5) is 14.6. The van der Waals surface area contributed by atoms with Crippen LogP contribution in [0.3, 0.4) is 0 Å². The van der Waals surface area contributed by atoms with E-state index in [2.05, 4.69) is 0 Å². The summed E-state index contributed by atoms with van der Waals surface area (Å²) in [6, 6.07) is 19.3. The second kappa shape index (κ2) is 8.77. The van der Waals surface area contributed by atoms with Gasteiger partial charge in [0.05, 0.1) is 10.6 Å². The number of nitrogens with zero attached hydrogens (tertiary/aromatic N) is 1. The van der Waals surface area contributed by atoms with E-state index in [-0.39, 0.29) is 18.3 Å². The monoisotopic (exact) mass is 439 g/mol. The molecule has 7 heteroatoms. The maximum absolute atomic E-state index is 13.9. The SMILES string of the molecule is O=C1/C(=C\c2ccccc2OCc2ccccc2F)SC(=S)N1c1cccc(F)c1. The van der Waals surface area contributed by atoms with Crippen LogP contribution in [0, 0.1) is 11.6 Å². The molecule has 30 heavy (non-hydrogen) atoms. The highest BCUT2D eigenvalue weighted by Crippen LogP contribution is 2.37. The van der Waals surface area contributed by atoms with Crippen molar-refractivity contribution >= 4 is 46.0 Å². The lowest BCUT2D eigenvalue weighted by atomic mass is 10.1. The van der Waals surface area contributed by atoms with Gasteiger partial charge in [0.25, 0.3) is 5.91 Å². The van der Waals surface area contributed by atoms with Crippen LogP contribution in [0.2, 0.25) is 0 Å². The van der Waals surface area contributed by atoms with E-state index in [1.165, 1.54) is 29.2 Å². The summed E-state index contributed by atoms with van der Waals surface area (Å²) in [5.41, 5.74) is 1.48. The molecule has 150 valence electrons. The largest absolute Gasteiger partial charge is 0.488 e. The Morgan fingerprint density at radius 2 is 1.77 bits per heavy atom. The second-order valence-electron chi connectivity index (χ2n) is 6.41. The first-order chi connectivity index (χ1) is 14.5. The van der Waals surface area contributed by atoms with E-state index in [4.69, 9.17) is 17.0 Å². The minimum absolute atomic E-state index is 0.0573. The molecule has 1 aliphatic heterocycles. The Balaban J connectivity index is 1.59. The molecule has 0 bridgehead atoms. The van der Waals surface area contributed by atoms with Crippen LogP contribution in [0.5, 0.6) is 5.75 Å². The van der Waals surface area contributed by atoms with E-state index in [9.17, 15) is 13.6 Å². The minimum atomic E-state index is -0.447. The number of ether oxygens (including phenoxy) is 1. The third kappa shape index (κ3) is 4.27. The first-order valence-electron chi connectivity index (χ1n) is 9.02.